The van der Waals surface area contributed by atoms with Crippen molar-refractivity contribution < 1.29 is 19.2 Å². The van der Waals surface area contributed by atoms with Gasteiger partial charge in [0.2, 0.25) is 0 Å². The molecule has 0 aliphatic heterocycles. The zero-order chi connectivity index (χ0) is 26.4. The minimum atomic E-state index is 0.915. The molecule has 0 spiro atoms. The Balaban J connectivity index is 0.000000133. The standard InChI is InChI=1S/C11H9N2.2C10H8N2.Re/c1-9-5-7-13-11(8-9)10-4-2-3-6-12-10;2*1-3-7-11-9(5-1)10-6-2-4-8-12-10;/h3-8H,1H3;2*1-8H;. The average Bonchev–Trinajstić information content (AvgIpc) is 3.00. The van der Waals surface area contributed by atoms with E-state index in [0.29, 0.717) is 0 Å². The molecule has 0 amide bonds. The van der Waals surface area contributed by atoms with Crippen LogP contribution < -0.4 is 4.04 Å². The van der Waals surface area contributed by atoms with Crippen LogP contribution in [-0.2, 0) is 19.2 Å². The third-order valence-corrected chi connectivity index (χ3v) is 5.93. The molecule has 7 heteroatoms. The van der Waals surface area contributed by atoms with Crippen molar-refractivity contribution in [1.82, 2.24) is 29.9 Å². The van der Waals surface area contributed by atoms with Gasteiger partial charge in [0.15, 0.2) is 0 Å². The Morgan fingerprint density at radius 1 is 0.395 bits per heavy atom. The number of aromatic nitrogens is 6. The first kappa shape index (κ1) is 26.6. The maximum Gasteiger partial charge on any atom is 0.0886 e. The first-order valence-electron chi connectivity index (χ1n) is 11.9. The minimum Gasteiger partial charge on any atom is -0.255 e. The summed E-state index contributed by atoms with van der Waals surface area (Å²) in [6.07, 6.45) is 10.7. The molecular formula is C31H25N6Re. The summed E-state index contributed by atoms with van der Waals surface area (Å²) in [5, 5.41) is 0. The van der Waals surface area contributed by atoms with Crippen molar-refractivity contribution in [3.8, 4) is 34.2 Å². The van der Waals surface area contributed by atoms with Crippen molar-refractivity contribution >= 4 is 4.04 Å². The molecule has 0 aliphatic rings. The Kier molecular flexibility index (Phi) is 10.0. The zero-order valence-corrected chi connectivity index (χ0v) is 23.5. The van der Waals surface area contributed by atoms with Crippen molar-refractivity contribution in [1.29, 1.82) is 0 Å². The van der Waals surface area contributed by atoms with Gasteiger partial charge >= 0.3 is 93.7 Å². The van der Waals surface area contributed by atoms with Gasteiger partial charge in [0.05, 0.1) is 22.8 Å². The van der Waals surface area contributed by atoms with Gasteiger partial charge in [0, 0.05) is 24.8 Å². The van der Waals surface area contributed by atoms with Gasteiger partial charge in [-0.25, -0.2) is 0 Å². The first-order valence-corrected chi connectivity index (χ1v) is 13.2. The van der Waals surface area contributed by atoms with Gasteiger partial charge < -0.3 is 0 Å². The molecular weight excluding hydrogens is 643 g/mol. The molecule has 6 aromatic rings. The largest absolute Gasteiger partial charge is 0.255 e. The van der Waals surface area contributed by atoms with Crippen LogP contribution in [0.4, 0.5) is 0 Å². The maximum atomic E-state index is 4.30. The zero-order valence-electron chi connectivity index (χ0n) is 20.8. The minimum absolute atomic E-state index is 0.915. The fraction of sp³-hybridized carbons (Fsp3) is 0.0323. The molecule has 6 rings (SSSR count). The average molecular weight is 668 g/mol. The molecule has 0 unspecified atom stereocenters. The second kappa shape index (κ2) is 14.3. The predicted octanol–water partition coefficient (Wildman–Crippen LogP) is 5.91. The number of hydrogen-bond acceptors (Lipinski definition) is 6. The van der Waals surface area contributed by atoms with E-state index in [9.17, 15) is 0 Å². The molecule has 6 nitrogen and oxygen atoms in total. The van der Waals surface area contributed by atoms with Crippen molar-refractivity contribution in [2.45, 2.75) is 6.92 Å². The van der Waals surface area contributed by atoms with E-state index >= 15 is 0 Å². The van der Waals surface area contributed by atoms with Gasteiger partial charge in [0.25, 0.3) is 0 Å². The van der Waals surface area contributed by atoms with Gasteiger partial charge in [-0.05, 0) is 48.5 Å². The van der Waals surface area contributed by atoms with E-state index in [4.69, 9.17) is 0 Å². The van der Waals surface area contributed by atoms with Crippen molar-refractivity contribution in [2.24, 2.45) is 0 Å². The maximum absolute atomic E-state index is 4.30. The smallest absolute Gasteiger partial charge is 0.0886 e. The summed E-state index contributed by atoms with van der Waals surface area (Å²) < 4.78 is 1.26. The Morgan fingerprint density at radius 2 is 0.763 bits per heavy atom. The molecule has 0 fully saturated rings. The van der Waals surface area contributed by atoms with Gasteiger partial charge in [0.1, 0.15) is 0 Å². The number of hydrogen-bond donors (Lipinski definition) is 0. The van der Waals surface area contributed by atoms with Crippen LogP contribution in [0.25, 0.3) is 34.2 Å². The molecule has 0 N–H and O–H groups in total. The molecule has 186 valence electrons. The number of rotatable bonds is 3. The summed E-state index contributed by atoms with van der Waals surface area (Å²) in [7, 11) is 0. The Morgan fingerprint density at radius 3 is 1.11 bits per heavy atom. The van der Waals surface area contributed by atoms with Crippen LogP contribution in [0.15, 0.2) is 134 Å². The van der Waals surface area contributed by atoms with E-state index in [1.54, 1.807) is 44.0 Å². The van der Waals surface area contributed by atoms with Gasteiger partial charge in [-0.2, -0.15) is 0 Å². The van der Waals surface area contributed by atoms with E-state index in [1.165, 1.54) is 9.60 Å². The second-order valence-electron chi connectivity index (χ2n) is 7.94. The van der Waals surface area contributed by atoms with E-state index in [2.05, 4.69) is 42.9 Å². The normalized spacial score (nSPS) is 9.84. The fourth-order valence-electron chi connectivity index (χ4n) is 3.28. The second-order valence-corrected chi connectivity index (χ2v) is 9.51. The van der Waals surface area contributed by atoms with Crippen LogP contribution in [0.3, 0.4) is 0 Å². The molecule has 38 heavy (non-hydrogen) atoms. The summed E-state index contributed by atoms with van der Waals surface area (Å²) in [5.41, 5.74) is 6.77. The summed E-state index contributed by atoms with van der Waals surface area (Å²) >= 11 is 1.66. The fourth-order valence-corrected chi connectivity index (χ4v) is 3.85. The van der Waals surface area contributed by atoms with Crippen LogP contribution >= 0.6 is 0 Å². The number of aryl methyl sites for hydroxylation is 1. The van der Waals surface area contributed by atoms with Crippen LogP contribution in [0.1, 0.15) is 5.56 Å². The Bertz CT molecular complexity index is 1320. The molecule has 0 saturated carbocycles. The molecule has 6 aromatic heterocycles. The van der Waals surface area contributed by atoms with E-state index in [-0.39, 0.29) is 0 Å². The number of pyridine rings is 6. The van der Waals surface area contributed by atoms with E-state index < -0.39 is 0 Å². The summed E-state index contributed by atoms with van der Waals surface area (Å²) in [5.74, 6) is 0. The molecule has 0 radical (unpaired) electrons. The van der Waals surface area contributed by atoms with Crippen molar-refractivity contribution in [3.05, 3.63) is 140 Å². The Labute approximate surface area is 233 Å². The Hall–Kier alpha value is -4.44. The monoisotopic (exact) mass is 668 g/mol. The predicted molar refractivity (Wildman–Crippen MR) is 147 cm³/mol. The SMILES string of the molecule is Cc1ccnc(-c2c[c]([Re])ccn2)c1.c1ccc(-c2ccccn2)nc1.c1ccc(-c2ccccn2)nc1. The summed E-state index contributed by atoms with van der Waals surface area (Å²) in [4.78, 5) is 25.3. The molecule has 0 aliphatic carbocycles. The van der Waals surface area contributed by atoms with Gasteiger partial charge in [-0.1, -0.05) is 24.3 Å². The van der Waals surface area contributed by atoms with Crippen LogP contribution in [0, 0.1) is 6.92 Å². The van der Waals surface area contributed by atoms with E-state index in [0.717, 1.165) is 34.2 Å². The molecule has 0 saturated heterocycles. The van der Waals surface area contributed by atoms with Crippen molar-refractivity contribution in [3.63, 3.8) is 0 Å². The van der Waals surface area contributed by atoms with E-state index in [1.807, 2.05) is 103 Å². The topological polar surface area (TPSA) is 77.3 Å². The van der Waals surface area contributed by atoms with Crippen LogP contribution in [0.2, 0.25) is 0 Å². The first-order chi connectivity index (χ1) is 18.7. The van der Waals surface area contributed by atoms with Crippen molar-refractivity contribution in [2.75, 3.05) is 0 Å². The molecule has 0 atom stereocenters. The third kappa shape index (κ3) is 8.31. The third-order valence-electron chi connectivity index (χ3n) is 5.08. The van der Waals surface area contributed by atoms with Gasteiger partial charge in [-0.15, -0.1) is 0 Å². The molecule has 0 aromatic carbocycles. The number of nitrogens with zero attached hydrogens (tertiary/aromatic N) is 6. The summed E-state index contributed by atoms with van der Waals surface area (Å²) in [6.45, 7) is 2.06. The van der Waals surface area contributed by atoms with Gasteiger partial charge in [-0.3, -0.25) is 19.9 Å². The molecule has 6 heterocycles. The van der Waals surface area contributed by atoms with Crippen LogP contribution in [0.5, 0.6) is 0 Å². The van der Waals surface area contributed by atoms with Crippen LogP contribution in [-0.4, -0.2) is 29.9 Å². The summed E-state index contributed by atoms with van der Waals surface area (Å²) in [6, 6.07) is 31.3. The molecule has 0 bridgehead atoms. The quantitative estimate of drug-likeness (QED) is 0.234.